The van der Waals surface area contributed by atoms with Crippen LogP contribution in [-0.4, -0.2) is 50.7 Å². The van der Waals surface area contributed by atoms with Gasteiger partial charge in [-0.25, -0.2) is 4.79 Å². The Morgan fingerprint density at radius 2 is 1.79 bits per heavy atom. The van der Waals surface area contributed by atoms with Crippen LogP contribution in [0.1, 0.15) is 17.0 Å². The second-order valence-corrected chi connectivity index (χ2v) is 6.38. The van der Waals surface area contributed by atoms with Crippen LogP contribution in [0.2, 0.25) is 0 Å². The number of aromatic nitrogens is 2. The lowest BCUT2D eigenvalue weighted by atomic mass is 10.1. The first-order valence-electron chi connectivity index (χ1n) is 8.75. The van der Waals surface area contributed by atoms with E-state index in [1.165, 1.54) is 0 Å². The number of pyridine rings is 2. The Balaban J connectivity index is 0.000000370. The third-order valence-electron chi connectivity index (χ3n) is 4.46. The van der Waals surface area contributed by atoms with E-state index in [0.717, 1.165) is 29.8 Å². The maximum Gasteiger partial charge on any atom is 0.490 e. The number of halogens is 3. The van der Waals surface area contributed by atoms with Gasteiger partial charge in [0.05, 0.1) is 6.42 Å². The van der Waals surface area contributed by atoms with E-state index >= 15 is 0 Å². The van der Waals surface area contributed by atoms with Crippen molar-refractivity contribution < 1.29 is 27.9 Å². The molecule has 1 aliphatic rings. The highest BCUT2D eigenvalue weighted by molar-refractivity contribution is 5.78. The lowest BCUT2D eigenvalue weighted by Crippen LogP contribution is -2.34. The number of nitrogens with zero attached hydrogens (tertiary/aromatic N) is 3. The molecule has 1 N–H and O–H groups in total. The zero-order valence-corrected chi connectivity index (χ0v) is 15.6. The van der Waals surface area contributed by atoms with E-state index in [1.54, 1.807) is 23.9 Å². The molecule has 156 valence electrons. The van der Waals surface area contributed by atoms with Gasteiger partial charge in [-0.15, -0.1) is 0 Å². The van der Waals surface area contributed by atoms with E-state index in [9.17, 15) is 22.8 Å². The van der Waals surface area contributed by atoms with Crippen molar-refractivity contribution in [3.05, 3.63) is 63.8 Å². The van der Waals surface area contributed by atoms with Crippen molar-refractivity contribution >= 4 is 11.9 Å². The van der Waals surface area contributed by atoms with Crippen molar-refractivity contribution in [2.75, 3.05) is 13.1 Å². The summed E-state index contributed by atoms with van der Waals surface area (Å²) in [6.45, 7) is 1.34. The Hall–Kier alpha value is -3.17. The largest absolute Gasteiger partial charge is 0.490 e. The lowest BCUT2D eigenvalue weighted by molar-refractivity contribution is -0.192. The molecule has 29 heavy (non-hydrogen) atoms. The SMILES string of the molecule is Cn1c2c(ccc1=O)CCN(C(=O)Cc1ccccn1)CC2.O=C(O)C(F)(F)F. The molecule has 0 spiro atoms. The van der Waals surface area contributed by atoms with Crippen LogP contribution in [0.15, 0.2) is 41.3 Å². The van der Waals surface area contributed by atoms with Crippen LogP contribution in [-0.2, 0) is 35.9 Å². The van der Waals surface area contributed by atoms with E-state index in [-0.39, 0.29) is 11.5 Å². The molecule has 3 rings (SSSR count). The molecule has 0 aromatic carbocycles. The highest BCUT2D eigenvalue weighted by Crippen LogP contribution is 2.15. The molecule has 0 radical (unpaired) electrons. The predicted octanol–water partition coefficient (Wildman–Crippen LogP) is 1.58. The fraction of sp³-hybridized carbons (Fsp3) is 0.368. The standard InChI is InChI=1S/C17H19N3O2.C2HF3O2/c1-19-15-8-11-20(10-7-13(15)5-6-16(19)21)17(22)12-14-4-2-3-9-18-14;3-2(4,5)1(6)7/h2-6,9H,7-8,10-12H2,1H3;(H,6,7). The average Bonchev–Trinajstić information content (AvgIpc) is 2.88. The second kappa shape index (κ2) is 9.35. The molecule has 1 aliphatic heterocycles. The van der Waals surface area contributed by atoms with Crippen LogP contribution in [0.5, 0.6) is 0 Å². The number of carboxylic acid groups (broad SMARTS) is 1. The maximum absolute atomic E-state index is 12.4. The van der Waals surface area contributed by atoms with Gasteiger partial charge in [-0.1, -0.05) is 12.1 Å². The molecule has 10 heteroatoms. The normalized spacial score (nSPS) is 13.6. The zero-order chi connectivity index (χ0) is 21.6. The van der Waals surface area contributed by atoms with Crippen LogP contribution < -0.4 is 5.56 Å². The topological polar surface area (TPSA) is 92.5 Å². The van der Waals surface area contributed by atoms with Crippen LogP contribution in [0.4, 0.5) is 13.2 Å². The summed E-state index contributed by atoms with van der Waals surface area (Å²) in [5, 5.41) is 7.12. The number of hydrogen-bond acceptors (Lipinski definition) is 4. The molecule has 0 atom stereocenters. The summed E-state index contributed by atoms with van der Waals surface area (Å²) >= 11 is 0. The quantitative estimate of drug-likeness (QED) is 0.810. The first kappa shape index (κ1) is 22.1. The van der Waals surface area contributed by atoms with Gasteiger partial charge in [0.25, 0.3) is 0 Å². The molecule has 1 amide bonds. The number of alkyl halides is 3. The van der Waals surface area contributed by atoms with Gasteiger partial charge < -0.3 is 14.6 Å². The Kier molecular flexibility index (Phi) is 7.13. The van der Waals surface area contributed by atoms with Gasteiger partial charge in [0.15, 0.2) is 0 Å². The van der Waals surface area contributed by atoms with Crippen molar-refractivity contribution in [2.24, 2.45) is 7.05 Å². The number of amides is 1. The van der Waals surface area contributed by atoms with E-state index in [4.69, 9.17) is 9.90 Å². The highest BCUT2D eigenvalue weighted by Gasteiger charge is 2.38. The molecular formula is C19H20F3N3O4. The van der Waals surface area contributed by atoms with Crippen LogP contribution in [0, 0.1) is 0 Å². The molecule has 0 bridgehead atoms. The number of carbonyl (C=O) groups is 2. The van der Waals surface area contributed by atoms with E-state index in [1.807, 2.05) is 29.2 Å². The number of aliphatic carboxylic acids is 1. The zero-order valence-electron chi connectivity index (χ0n) is 15.6. The van der Waals surface area contributed by atoms with Crippen LogP contribution in [0.3, 0.4) is 0 Å². The summed E-state index contributed by atoms with van der Waals surface area (Å²) in [5.41, 5.74) is 3.00. The minimum Gasteiger partial charge on any atom is -0.475 e. The van der Waals surface area contributed by atoms with Crippen molar-refractivity contribution in [2.45, 2.75) is 25.4 Å². The minimum atomic E-state index is -5.08. The molecule has 7 nitrogen and oxygen atoms in total. The number of hydrogen-bond donors (Lipinski definition) is 1. The molecule has 0 saturated heterocycles. The summed E-state index contributed by atoms with van der Waals surface area (Å²) in [5.74, 6) is -2.66. The van der Waals surface area contributed by atoms with E-state index in [2.05, 4.69) is 4.98 Å². The third kappa shape index (κ3) is 6.16. The molecule has 2 aromatic heterocycles. The second-order valence-electron chi connectivity index (χ2n) is 6.38. The van der Waals surface area contributed by atoms with E-state index in [0.29, 0.717) is 19.5 Å². The summed E-state index contributed by atoms with van der Waals surface area (Å²) < 4.78 is 33.4. The lowest BCUT2D eigenvalue weighted by Gasteiger charge is -2.20. The number of carboxylic acids is 1. The number of rotatable bonds is 2. The van der Waals surface area contributed by atoms with Crippen molar-refractivity contribution in [3.63, 3.8) is 0 Å². The summed E-state index contributed by atoms with van der Waals surface area (Å²) in [7, 11) is 1.80. The van der Waals surface area contributed by atoms with Crippen molar-refractivity contribution in [1.29, 1.82) is 0 Å². The minimum absolute atomic E-state index is 0.00649. The maximum atomic E-state index is 12.4. The van der Waals surface area contributed by atoms with Gasteiger partial charge in [0, 0.05) is 50.2 Å². The van der Waals surface area contributed by atoms with Crippen molar-refractivity contribution in [3.8, 4) is 0 Å². The molecule has 3 heterocycles. The van der Waals surface area contributed by atoms with Gasteiger partial charge in [0.1, 0.15) is 0 Å². The van der Waals surface area contributed by atoms with Gasteiger partial charge in [-0.3, -0.25) is 14.6 Å². The Morgan fingerprint density at radius 3 is 2.38 bits per heavy atom. The predicted molar refractivity (Wildman–Crippen MR) is 97.3 cm³/mol. The van der Waals surface area contributed by atoms with Gasteiger partial charge in [-0.05, 0) is 24.1 Å². The molecule has 2 aromatic rings. The summed E-state index contributed by atoms with van der Waals surface area (Å²) in [6, 6.07) is 9.10. The van der Waals surface area contributed by atoms with Gasteiger partial charge in [0.2, 0.25) is 11.5 Å². The molecule has 0 saturated carbocycles. The Labute approximate surface area is 164 Å². The smallest absolute Gasteiger partial charge is 0.475 e. The third-order valence-corrected chi connectivity index (χ3v) is 4.46. The average molecular weight is 411 g/mol. The Morgan fingerprint density at radius 1 is 1.14 bits per heavy atom. The first-order valence-corrected chi connectivity index (χ1v) is 8.75. The molecule has 0 unspecified atom stereocenters. The van der Waals surface area contributed by atoms with Crippen molar-refractivity contribution in [1.82, 2.24) is 14.5 Å². The first-order chi connectivity index (χ1) is 13.6. The van der Waals surface area contributed by atoms with Crippen LogP contribution >= 0.6 is 0 Å². The van der Waals surface area contributed by atoms with E-state index < -0.39 is 12.1 Å². The molecular weight excluding hydrogens is 391 g/mol. The number of carbonyl (C=O) groups excluding carboxylic acids is 1. The van der Waals surface area contributed by atoms with Gasteiger partial charge >= 0.3 is 12.1 Å². The fourth-order valence-corrected chi connectivity index (χ4v) is 2.91. The monoisotopic (exact) mass is 411 g/mol. The highest BCUT2D eigenvalue weighted by atomic mass is 19.4. The fourth-order valence-electron chi connectivity index (χ4n) is 2.91. The number of fused-ring (bicyclic) bond motifs is 1. The summed E-state index contributed by atoms with van der Waals surface area (Å²) in [6.07, 6.45) is -1.54. The van der Waals surface area contributed by atoms with Crippen LogP contribution in [0.25, 0.3) is 0 Å². The van der Waals surface area contributed by atoms with Gasteiger partial charge in [-0.2, -0.15) is 13.2 Å². The summed E-state index contributed by atoms with van der Waals surface area (Å²) in [4.78, 5) is 39.2. The molecule has 0 fully saturated rings. The Bertz CT molecular complexity index is 927. The molecule has 0 aliphatic carbocycles.